The van der Waals surface area contributed by atoms with Crippen molar-refractivity contribution in [3.63, 3.8) is 0 Å². The van der Waals surface area contributed by atoms with E-state index in [0.717, 1.165) is 38.5 Å². The average Bonchev–Trinajstić information content (AvgIpc) is 2.47. The molecule has 0 heterocycles. The summed E-state index contributed by atoms with van der Waals surface area (Å²) in [6, 6.07) is 0. The Morgan fingerprint density at radius 2 is 1.05 bits per heavy atom. The van der Waals surface area contributed by atoms with Crippen molar-refractivity contribution in [1.29, 1.82) is 0 Å². The van der Waals surface area contributed by atoms with Gasteiger partial charge in [0, 0.05) is 0 Å². The van der Waals surface area contributed by atoms with E-state index in [4.69, 9.17) is 0 Å². The zero-order valence-electron chi connectivity index (χ0n) is 13.5. The fourth-order valence-corrected chi connectivity index (χ4v) is 3.84. The van der Waals surface area contributed by atoms with Crippen LogP contribution in [0.3, 0.4) is 0 Å². The van der Waals surface area contributed by atoms with Gasteiger partial charge in [-0.25, -0.2) is 0 Å². The van der Waals surface area contributed by atoms with E-state index in [1.54, 1.807) is 0 Å². The summed E-state index contributed by atoms with van der Waals surface area (Å²) >= 11 is 6.53. The molecule has 130 valence electrons. The highest BCUT2D eigenvalue weighted by Gasteiger charge is 2.58. The maximum Gasteiger partial charge on any atom is 0.322 e. The van der Waals surface area contributed by atoms with Gasteiger partial charge >= 0.3 is 11.9 Å². The summed E-state index contributed by atoms with van der Waals surface area (Å²) in [7, 11) is 0. The Hall–Kier alpha value is -0.100. The van der Waals surface area contributed by atoms with Crippen molar-refractivity contribution in [2.75, 3.05) is 0 Å². The SMILES string of the molecule is CCCCCCC(Br)(C(=O)O)C(Br)(CCCCCC)C(=O)O. The van der Waals surface area contributed by atoms with E-state index in [1.807, 2.05) is 0 Å². The van der Waals surface area contributed by atoms with E-state index in [-0.39, 0.29) is 0 Å². The van der Waals surface area contributed by atoms with Crippen molar-refractivity contribution in [3.05, 3.63) is 0 Å². The van der Waals surface area contributed by atoms with E-state index in [0.29, 0.717) is 25.7 Å². The molecule has 0 spiro atoms. The standard InChI is InChI=1S/C16H28Br2O4/c1-3-5-7-9-11-15(17,13(19)20)16(18,14(21)22)12-10-8-6-4-2/h3-12H2,1-2H3,(H,19,20)(H,21,22). The Morgan fingerprint density at radius 1 is 0.727 bits per heavy atom. The maximum absolute atomic E-state index is 11.8. The Bertz CT molecular complexity index is 328. The van der Waals surface area contributed by atoms with Crippen LogP contribution < -0.4 is 0 Å². The molecule has 0 aromatic carbocycles. The monoisotopic (exact) mass is 442 g/mol. The van der Waals surface area contributed by atoms with E-state index < -0.39 is 20.6 Å². The molecule has 0 saturated heterocycles. The maximum atomic E-state index is 11.8. The molecular weight excluding hydrogens is 416 g/mol. The first kappa shape index (κ1) is 21.9. The Labute approximate surface area is 150 Å². The lowest BCUT2D eigenvalue weighted by atomic mass is 9.83. The van der Waals surface area contributed by atoms with Crippen molar-refractivity contribution in [2.24, 2.45) is 0 Å². The van der Waals surface area contributed by atoms with Crippen LogP contribution >= 0.6 is 31.9 Å². The van der Waals surface area contributed by atoms with E-state index in [9.17, 15) is 19.8 Å². The van der Waals surface area contributed by atoms with Gasteiger partial charge in [-0.05, 0) is 12.8 Å². The third-order valence-electron chi connectivity index (χ3n) is 4.06. The van der Waals surface area contributed by atoms with Crippen LogP contribution in [0.2, 0.25) is 0 Å². The highest BCUT2D eigenvalue weighted by molar-refractivity contribution is 9.13. The quantitative estimate of drug-likeness (QED) is 0.296. The molecule has 0 aliphatic heterocycles. The van der Waals surface area contributed by atoms with Crippen LogP contribution in [0, 0.1) is 0 Å². The molecule has 0 radical (unpaired) electrons. The number of alkyl halides is 2. The van der Waals surface area contributed by atoms with E-state index in [1.165, 1.54) is 0 Å². The predicted molar refractivity (Wildman–Crippen MR) is 96.1 cm³/mol. The minimum atomic E-state index is -1.48. The minimum absolute atomic E-state index is 0.299. The number of halogens is 2. The van der Waals surface area contributed by atoms with Crippen LogP contribution in [-0.2, 0) is 9.59 Å². The third-order valence-corrected chi connectivity index (χ3v) is 7.41. The second kappa shape index (κ2) is 10.6. The van der Waals surface area contributed by atoms with Gasteiger partial charge in [-0.3, -0.25) is 9.59 Å². The number of hydrogen-bond donors (Lipinski definition) is 2. The van der Waals surface area contributed by atoms with E-state index in [2.05, 4.69) is 45.7 Å². The van der Waals surface area contributed by atoms with E-state index >= 15 is 0 Å². The van der Waals surface area contributed by atoms with Gasteiger partial charge in [-0.15, -0.1) is 0 Å². The minimum Gasteiger partial charge on any atom is -0.480 e. The summed E-state index contributed by atoms with van der Waals surface area (Å²) in [5, 5.41) is 19.3. The van der Waals surface area contributed by atoms with Crippen LogP contribution in [0.25, 0.3) is 0 Å². The molecule has 0 aromatic heterocycles. The summed E-state index contributed by atoms with van der Waals surface area (Å²) < 4.78 is -2.96. The molecule has 4 nitrogen and oxygen atoms in total. The molecule has 0 amide bonds. The smallest absolute Gasteiger partial charge is 0.322 e. The molecular formula is C16H28Br2O4. The van der Waals surface area contributed by atoms with Gasteiger partial charge in [-0.2, -0.15) is 0 Å². The van der Waals surface area contributed by atoms with Crippen molar-refractivity contribution >= 4 is 43.8 Å². The zero-order chi connectivity index (χ0) is 17.2. The third kappa shape index (κ3) is 5.84. The molecule has 2 N–H and O–H groups in total. The van der Waals surface area contributed by atoms with Crippen LogP contribution in [0.5, 0.6) is 0 Å². The topological polar surface area (TPSA) is 74.6 Å². The molecule has 22 heavy (non-hydrogen) atoms. The van der Waals surface area contributed by atoms with Gasteiger partial charge in [-0.1, -0.05) is 97.1 Å². The molecule has 0 saturated carbocycles. The number of carboxylic acids is 2. The highest BCUT2D eigenvalue weighted by Crippen LogP contribution is 2.46. The molecule has 6 heteroatoms. The second-order valence-electron chi connectivity index (χ2n) is 5.83. The summed E-state index contributed by atoms with van der Waals surface area (Å²) in [4.78, 5) is 23.6. The Balaban J connectivity index is 5.06. The molecule has 0 aliphatic carbocycles. The summed E-state index contributed by atoms with van der Waals surface area (Å²) in [5.41, 5.74) is 0. The average molecular weight is 444 g/mol. The first-order chi connectivity index (χ1) is 10.3. The highest BCUT2D eigenvalue weighted by atomic mass is 79.9. The van der Waals surface area contributed by atoms with Crippen molar-refractivity contribution in [1.82, 2.24) is 0 Å². The number of carbonyl (C=O) groups is 2. The van der Waals surface area contributed by atoms with Crippen LogP contribution in [0.15, 0.2) is 0 Å². The second-order valence-corrected chi connectivity index (χ2v) is 8.54. The molecule has 0 bridgehead atoms. The van der Waals surface area contributed by atoms with Gasteiger partial charge in [0.05, 0.1) is 0 Å². The van der Waals surface area contributed by atoms with Gasteiger partial charge in [0.1, 0.15) is 8.65 Å². The lowest BCUT2D eigenvalue weighted by molar-refractivity contribution is -0.149. The van der Waals surface area contributed by atoms with Crippen molar-refractivity contribution in [3.8, 4) is 0 Å². The van der Waals surface area contributed by atoms with Gasteiger partial charge in [0.15, 0.2) is 0 Å². The van der Waals surface area contributed by atoms with Gasteiger partial charge < -0.3 is 10.2 Å². The first-order valence-corrected chi connectivity index (χ1v) is 9.69. The number of hydrogen-bond acceptors (Lipinski definition) is 2. The largest absolute Gasteiger partial charge is 0.480 e. The van der Waals surface area contributed by atoms with Gasteiger partial charge in [0.25, 0.3) is 0 Å². The fraction of sp³-hybridized carbons (Fsp3) is 0.875. The summed E-state index contributed by atoms with van der Waals surface area (Å²) in [6.07, 6.45) is 7.98. The first-order valence-electron chi connectivity index (χ1n) is 8.10. The number of aliphatic carboxylic acids is 2. The molecule has 0 fully saturated rings. The zero-order valence-corrected chi connectivity index (χ0v) is 16.7. The van der Waals surface area contributed by atoms with Crippen molar-refractivity contribution in [2.45, 2.75) is 86.7 Å². The normalized spacial score (nSPS) is 16.7. The van der Waals surface area contributed by atoms with Crippen LogP contribution in [0.1, 0.15) is 78.1 Å². The Kier molecular flexibility index (Phi) is 10.6. The van der Waals surface area contributed by atoms with Gasteiger partial charge in [0.2, 0.25) is 0 Å². The summed E-state index contributed by atoms with van der Waals surface area (Å²) in [6.45, 7) is 4.16. The number of unbranched alkanes of at least 4 members (excludes halogenated alkanes) is 6. The van der Waals surface area contributed by atoms with Crippen LogP contribution in [-0.4, -0.2) is 30.8 Å². The predicted octanol–water partition coefficient (Wildman–Crippen LogP) is 5.36. The molecule has 0 rings (SSSR count). The fourth-order valence-electron chi connectivity index (χ4n) is 2.54. The van der Waals surface area contributed by atoms with Crippen molar-refractivity contribution < 1.29 is 19.8 Å². The lowest BCUT2D eigenvalue weighted by Crippen LogP contribution is -2.55. The van der Waals surface area contributed by atoms with Crippen LogP contribution in [0.4, 0.5) is 0 Å². The molecule has 0 aliphatic rings. The number of carboxylic acid groups (broad SMARTS) is 2. The lowest BCUT2D eigenvalue weighted by Gasteiger charge is -2.37. The Morgan fingerprint density at radius 3 is 1.27 bits per heavy atom. The molecule has 2 atom stereocenters. The number of rotatable bonds is 13. The molecule has 2 unspecified atom stereocenters. The molecule has 0 aromatic rings. The summed E-state index contributed by atoms with van der Waals surface area (Å²) in [5.74, 6) is -2.22.